The van der Waals surface area contributed by atoms with Crippen LogP contribution in [-0.4, -0.2) is 13.2 Å². The van der Waals surface area contributed by atoms with Crippen LogP contribution in [0.3, 0.4) is 0 Å². The summed E-state index contributed by atoms with van der Waals surface area (Å²) in [4.78, 5) is 0. The Bertz CT molecular complexity index is 123. The lowest BCUT2D eigenvalue weighted by Crippen LogP contribution is -2.32. The van der Waals surface area contributed by atoms with Crippen molar-refractivity contribution in [2.24, 2.45) is 11.8 Å². The van der Waals surface area contributed by atoms with Gasteiger partial charge < -0.3 is 4.74 Å². The minimum absolute atomic E-state index is 0.531. The average molecular weight is 125 g/mol. The molecule has 1 unspecified atom stereocenters. The van der Waals surface area contributed by atoms with Crippen molar-refractivity contribution in [2.45, 2.75) is 13.3 Å². The van der Waals surface area contributed by atoms with Gasteiger partial charge in [0.1, 0.15) is 0 Å². The molecule has 2 heteroatoms. The standard InChI is InChI=1S/C7H11NO/c1-6(2-3-8)7-4-9-5-7/h6-7H,2,4-5H2,1H3. The van der Waals surface area contributed by atoms with Gasteiger partial charge in [-0.2, -0.15) is 5.26 Å². The highest BCUT2D eigenvalue weighted by molar-refractivity contribution is 4.80. The smallest absolute Gasteiger partial charge is 0.0624 e. The predicted molar refractivity (Wildman–Crippen MR) is 33.7 cm³/mol. The second-order valence-electron chi connectivity index (χ2n) is 2.64. The summed E-state index contributed by atoms with van der Waals surface area (Å²) in [5.74, 6) is 1.19. The molecular weight excluding hydrogens is 114 g/mol. The summed E-state index contributed by atoms with van der Waals surface area (Å²) in [6, 6.07) is 2.16. The first-order chi connectivity index (χ1) is 4.34. The summed E-state index contributed by atoms with van der Waals surface area (Å²) in [5.41, 5.74) is 0. The highest BCUT2D eigenvalue weighted by Crippen LogP contribution is 2.22. The number of nitriles is 1. The molecule has 1 aliphatic rings. The quantitative estimate of drug-likeness (QED) is 0.555. The number of hydrogen-bond acceptors (Lipinski definition) is 2. The van der Waals surface area contributed by atoms with E-state index in [9.17, 15) is 0 Å². The van der Waals surface area contributed by atoms with Crippen molar-refractivity contribution in [1.29, 1.82) is 5.26 Å². The van der Waals surface area contributed by atoms with Crippen LogP contribution in [0.4, 0.5) is 0 Å². The highest BCUT2D eigenvalue weighted by atomic mass is 16.5. The van der Waals surface area contributed by atoms with E-state index in [0.717, 1.165) is 13.2 Å². The Labute approximate surface area is 55.4 Å². The lowest BCUT2D eigenvalue weighted by atomic mass is 9.90. The Morgan fingerprint density at radius 3 is 2.78 bits per heavy atom. The van der Waals surface area contributed by atoms with Gasteiger partial charge in [-0.3, -0.25) is 0 Å². The fourth-order valence-corrected chi connectivity index (χ4v) is 0.893. The van der Waals surface area contributed by atoms with Crippen molar-refractivity contribution in [3.05, 3.63) is 0 Å². The summed E-state index contributed by atoms with van der Waals surface area (Å²) in [6.45, 7) is 3.84. The maximum Gasteiger partial charge on any atom is 0.0624 e. The van der Waals surface area contributed by atoms with Crippen molar-refractivity contribution >= 4 is 0 Å². The van der Waals surface area contributed by atoms with Crippen LogP contribution in [0.5, 0.6) is 0 Å². The summed E-state index contributed by atoms with van der Waals surface area (Å²) in [7, 11) is 0. The maximum atomic E-state index is 8.31. The van der Waals surface area contributed by atoms with Gasteiger partial charge in [0.2, 0.25) is 0 Å². The second kappa shape index (κ2) is 2.84. The molecule has 0 saturated carbocycles. The third-order valence-electron chi connectivity index (χ3n) is 1.88. The molecule has 0 radical (unpaired) electrons. The van der Waals surface area contributed by atoms with Crippen LogP contribution in [0.2, 0.25) is 0 Å². The molecule has 1 heterocycles. The van der Waals surface area contributed by atoms with Gasteiger partial charge in [-0.25, -0.2) is 0 Å². The summed E-state index contributed by atoms with van der Waals surface area (Å²) in [6.07, 6.45) is 0.675. The van der Waals surface area contributed by atoms with E-state index in [4.69, 9.17) is 10.00 Å². The van der Waals surface area contributed by atoms with E-state index in [0.29, 0.717) is 18.3 Å². The van der Waals surface area contributed by atoms with Crippen LogP contribution in [-0.2, 0) is 4.74 Å². The van der Waals surface area contributed by atoms with Gasteiger partial charge in [0.15, 0.2) is 0 Å². The molecule has 0 spiro atoms. The van der Waals surface area contributed by atoms with Crippen LogP contribution in [0.15, 0.2) is 0 Å². The van der Waals surface area contributed by atoms with Crippen LogP contribution < -0.4 is 0 Å². The maximum absolute atomic E-state index is 8.31. The molecule has 1 aliphatic heterocycles. The molecule has 1 fully saturated rings. The fraction of sp³-hybridized carbons (Fsp3) is 0.857. The van der Waals surface area contributed by atoms with Crippen LogP contribution >= 0.6 is 0 Å². The van der Waals surface area contributed by atoms with Crippen LogP contribution in [0, 0.1) is 23.2 Å². The molecule has 0 aliphatic carbocycles. The first kappa shape index (κ1) is 6.57. The summed E-state index contributed by atoms with van der Waals surface area (Å²) < 4.78 is 4.99. The Morgan fingerprint density at radius 2 is 2.44 bits per heavy atom. The Kier molecular flexibility index (Phi) is 2.07. The molecule has 0 N–H and O–H groups in total. The van der Waals surface area contributed by atoms with E-state index < -0.39 is 0 Å². The van der Waals surface area contributed by atoms with E-state index in [1.54, 1.807) is 0 Å². The monoisotopic (exact) mass is 125 g/mol. The fourth-order valence-electron chi connectivity index (χ4n) is 0.893. The van der Waals surface area contributed by atoms with E-state index in [1.807, 2.05) is 0 Å². The molecule has 0 aromatic carbocycles. The van der Waals surface area contributed by atoms with E-state index in [2.05, 4.69) is 13.0 Å². The van der Waals surface area contributed by atoms with Crippen molar-refractivity contribution in [1.82, 2.24) is 0 Å². The van der Waals surface area contributed by atoms with E-state index in [-0.39, 0.29) is 0 Å². The molecular formula is C7H11NO. The van der Waals surface area contributed by atoms with Crippen molar-refractivity contribution < 1.29 is 4.74 Å². The molecule has 50 valence electrons. The number of hydrogen-bond donors (Lipinski definition) is 0. The zero-order valence-electron chi connectivity index (χ0n) is 5.63. The van der Waals surface area contributed by atoms with Gasteiger partial charge >= 0.3 is 0 Å². The molecule has 1 atom stereocenters. The first-order valence-corrected chi connectivity index (χ1v) is 3.29. The largest absolute Gasteiger partial charge is 0.381 e. The van der Waals surface area contributed by atoms with Gasteiger partial charge in [0.25, 0.3) is 0 Å². The summed E-state index contributed by atoms with van der Waals surface area (Å²) >= 11 is 0. The van der Waals surface area contributed by atoms with Gasteiger partial charge in [0.05, 0.1) is 19.3 Å². The van der Waals surface area contributed by atoms with Gasteiger partial charge in [-0.15, -0.1) is 0 Å². The average Bonchev–Trinajstić information content (AvgIpc) is 1.60. The van der Waals surface area contributed by atoms with Crippen LogP contribution in [0.1, 0.15) is 13.3 Å². The summed E-state index contributed by atoms with van der Waals surface area (Å²) in [5, 5.41) is 8.31. The minimum Gasteiger partial charge on any atom is -0.381 e. The molecule has 2 nitrogen and oxygen atoms in total. The SMILES string of the molecule is CC(CC#N)C1COC1. The van der Waals surface area contributed by atoms with Crippen molar-refractivity contribution in [3.63, 3.8) is 0 Å². The first-order valence-electron chi connectivity index (χ1n) is 3.29. The highest BCUT2D eigenvalue weighted by Gasteiger charge is 2.24. The molecule has 1 rings (SSSR count). The number of ether oxygens (including phenoxy) is 1. The second-order valence-corrected chi connectivity index (χ2v) is 2.64. The zero-order valence-corrected chi connectivity index (χ0v) is 5.63. The Balaban J connectivity index is 2.17. The minimum atomic E-state index is 0.531. The van der Waals surface area contributed by atoms with E-state index in [1.165, 1.54) is 0 Å². The Hall–Kier alpha value is -0.550. The zero-order chi connectivity index (χ0) is 6.69. The third-order valence-corrected chi connectivity index (χ3v) is 1.88. The van der Waals surface area contributed by atoms with Gasteiger partial charge in [0, 0.05) is 12.3 Å². The number of nitrogens with zero attached hydrogens (tertiary/aromatic N) is 1. The molecule has 1 saturated heterocycles. The third kappa shape index (κ3) is 1.43. The molecule has 9 heavy (non-hydrogen) atoms. The lowest BCUT2D eigenvalue weighted by Gasteiger charge is -2.30. The predicted octanol–water partition coefficient (Wildman–Crippen LogP) is 1.18. The molecule has 0 amide bonds. The van der Waals surface area contributed by atoms with Gasteiger partial charge in [-0.05, 0) is 5.92 Å². The van der Waals surface area contributed by atoms with Crippen molar-refractivity contribution in [3.8, 4) is 6.07 Å². The molecule has 0 aromatic heterocycles. The molecule has 0 bridgehead atoms. The normalized spacial score (nSPS) is 22.2. The molecule has 0 aromatic rings. The van der Waals surface area contributed by atoms with E-state index >= 15 is 0 Å². The van der Waals surface area contributed by atoms with Crippen molar-refractivity contribution in [2.75, 3.05) is 13.2 Å². The number of rotatable bonds is 2. The Morgan fingerprint density at radius 1 is 1.78 bits per heavy atom. The lowest BCUT2D eigenvalue weighted by molar-refractivity contribution is -0.0560. The topological polar surface area (TPSA) is 33.0 Å². The van der Waals surface area contributed by atoms with Gasteiger partial charge in [-0.1, -0.05) is 6.92 Å². The van der Waals surface area contributed by atoms with Crippen LogP contribution in [0.25, 0.3) is 0 Å².